The molecule has 1 aromatic rings. The van der Waals surface area contributed by atoms with Gasteiger partial charge in [-0.2, -0.15) is 0 Å². The fraction of sp³-hybridized carbons (Fsp3) is 0.333. The molecule has 15 heavy (non-hydrogen) atoms. The first-order valence-electron chi connectivity index (χ1n) is 4.40. The van der Waals surface area contributed by atoms with E-state index in [-0.39, 0.29) is 18.0 Å². The number of phenols is 2. The zero-order chi connectivity index (χ0) is 11.4. The summed E-state index contributed by atoms with van der Waals surface area (Å²) in [5.74, 6) is -1.33. The minimum absolute atomic E-state index is 0.234. The van der Waals surface area contributed by atoms with Crippen LogP contribution in [0.5, 0.6) is 17.2 Å². The molecular weight excluding hydrogens is 202 g/mol. The van der Waals surface area contributed by atoms with Crippen LogP contribution >= 0.6 is 0 Å². The Morgan fingerprint density at radius 1 is 1.47 bits per heavy atom. The van der Waals surface area contributed by atoms with E-state index in [0.29, 0.717) is 6.42 Å². The average Bonchev–Trinajstić information content (AvgIpc) is 2.19. The quantitative estimate of drug-likeness (QED) is 0.452. The van der Waals surface area contributed by atoms with Crippen molar-refractivity contribution < 1.29 is 19.9 Å². The highest BCUT2D eigenvalue weighted by atomic mass is 16.6. The molecule has 0 bridgehead atoms. The lowest BCUT2D eigenvalue weighted by Gasteiger charge is -2.07. The van der Waals surface area contributed by atoms with Crippen LogP contribution in [0.15, 0.2) is 12.1 Å². The molecule has 0 aliphatic rings. The molecule has 0 radical (unpaired) electrons. The lowest BCUT2D eigenvalue weighted by atomic mass is 10.2. The van der Waals surface area contributed by atoms with Crippen molar-refractivity contribution in [2.75, 3.05) is 6.61 Å². The molecule has 6 heteroatoms. The van der Waals surface area contributed by atoms with Crippen LogP contribution in [0.2, 0.25) is 0 Å². The molecule has 0 saturated carbocycles. The standard InChI is InChI=1S/C9H11NO5/c1-2-5-15-9-6(10(13)14)3-4-7(11)8(9)12/h3-4,11-12H,2,5H2,1H3. The van der Waals surface area contributed by atoms with Gasteiger partial charge in [-0.3, -0.25) is 10.1 Å². The number of rotatable bonds is 4. The molecule has 0 saturated heterocycles. The summed E-state index contributed by atoms with van der Waals surface area (Å²) in [5, 5.41) is 29.1. The Balaban J connectivity index is 3.16. The summed E-state index contributed by atoms with van der Waals surface area (Å²) in [6, 6.07) is 2.13. The molecule has 6 nitrogen and oxygen atoms in total. The summed E-state index contributed by atoms with van der Waals surface area (Å²) < 4.78 is 5.01. The highest BCUT2D eigenvalue weighted by Gasteiger charge is 2.21. The molecular formula is C9H11NO5. The Bertz CT molecular complexity index is 377. The summed E-state index contributed by atoms with van der Waals surface area (Å²) in [4.78, 5) is 9.90. The van der Waals surface area contributed by atoms with Crippen molar-refractivity contribution >= 4 is 5.69 Å². The van der Waals surface area contributed by atoms with Gasteiger partial charge in [-0.05, 0) is 12.5 Å². The number of nitro groups is 1. The summed E-state index contributed by atoms with van der Waals surface area (Å²) in [5.41, 5.74) is -0.362. The SMILES string of the molecule is CCCOc1c([N+](=O)[O-])ccc(O)c1O. The zero-order valence-corrected chi connectivity index (χ0v) is 8.14. The molecule has 0 atom stereocenters. The molecule has 0 unspecified atom stereocenters. The number of nitrogens with zero attached hydrogens (tertiary/aromatic N) is 1. The third-order valence-corrected chi connectivity index (χ3v) is 1.74. The van der Waals surface area contributed by atoms with Crippen LogP contribution in [0.1, 0.15) is 13.3 Å². The molecule has 0 aliphatic heterocycles. The molecule has 0 heterocycles. The Labute approximate surface area is 85.9 Å². The number of ether oxygens (including phenoxy) is 1. The Hall–Kier alpha value is -1.98. The van der Waals surface area contributed by atoms with Crippen molar-refractivity contribution in [1.82, 2.24) is 0 Å². The van der Waals surface area contributed by atoms with E-state index in [1.807, 2.05) is 6.92 Å². The Morgan fingerprint density at radius 2 is 2.13 bits per heavy atom. The number of hydrogen-bond donors (Lipinski definition) is 2. The van der Waals surface area contributed by atoms with Gasteiger partial charge in [0.1, 0.15) is 0 Å². The maximum Gasteiger partial charge on any atom is 0.315 e. The zero-order valence-electron chi connectivity index (χ0n) is 8.14. The van der Waals surface area contributed by atoms with E-state index in [4.69, 9.17) is 9.84 Å². The fourth-order valence-electron chi connectivity index (χ4n) is 1.04. The molecule has 0 aliphatic carbocycles. The highest BCUT2D eigenvalue weighted by Crippen LogP contribution is 2.42. The van der Waals surface area contributed by atoms with E-state index >= 15 is 0 Å². The predicted octanol–water partition coefficient (Wildman–Crippen LogP) is 1.79. The summed E-state index contributed by atoms with van der Waals surface area (Å²) in [7, 11) is 0. The minimum Gasteiger partial charge on any atom is -0.504 e. The van der Waals surface area contributed by atoms with Crippen LogP contribution in [0.3, 0.4) is 0 Å². The topological polar surface area (TPSA) is 92.8 Å². The largest absolute Gasteiger partial charge is 0.504 e. The molecule has 2 N–H and O–H groups in total. The van der Waals surface area contributed by atoms with Gasteiger partial charge >= 0.3 is 5.69 Å². The van der Waals surface area contributed by atoms with Crippen LogP contribution in [0.4, 0.5) is 5.69 Å². The average molecular weight is 213 g/mol. The summed E-state index contributed by atoms with van der Waals surface area (Å²) >= 11 is 0. The van der Waals surface area contributed by atoms with E-state index in [0.717, 1.165) is 12.1 Å². The van der Waals surface area contributed by atoms with Crippen molar-refractivity contribution in [3.05, 3.63) is 22.2 Å². The number of hydrogen-bond acceptors (Lipinski definition) is 5. The van der Waals surface area contributed by atoms with Crippen molar-refractivity contribution in [3.63, 3.8) is 0 Å². The van der Waals surface area contributed by atoms with Crippen molar-refractivity contribution in [2.45, 2.75) is 13.3 Å². The maximum absolute atomic E-state index is 10.6. The van der Waals surface area contributed by atoms with Crippen molar-refractivity contribution in [1.29, 1.82) is 0 Å². The molecule has 0 spiro atoms. The first kappa shape index (κ1) is 11.1. The molecule has 82 valence electrons. The molecule has 0 aromatic heterocycles. The van der Waals surface area contributed by atoms with E-state index in [2.05, 4.69) is 0 Å². The molecule has 0 fully saturated rings. The predicted molar refractivity (Wildman–Crippen MR) is 52.2 cm³/mol. The first-order chi connectivity index (χ1) is 7.07. The Morgan fingerprint density at radius 3 is 2.67 bits per heavy atom. The Kier molecular flexibility index (Phi) is 3.33. The maximum atomic E-state index is 10.6. The van der Waals surface area contributed by atoms with Crippen LogP contribution in [0, 0.1) is 10.1 Å². The van der Waals surface area contributed by atoms with Gasteiger partial charge in [-0.1, -0.05) is 6.92 Å². The summed E-state index contributed by atoms with van der Waals surface area (Å²) in [6.45, 7) is 2.06. The van der Waals surface area contributed by atoms with Gasteiger partial charge in [0.15, 0.2) is 5.75 Å². The van der Waals surface area contributed by atoms with Gasteiger partial charge in [-0.25, -0.2) is 0 Å². The van der Waals surface area contributed by atoms with E-state index in [1.165, 1.54) is 0 Å². The first-order valence-corrected chi connectivity index (χ1v) is 4.40. The van der Waals surface area contributed by atoms with E-state index in [9.17, 15) is 15.2 Å². The van der Waals surface area contributed by atoms with Crippen LogP contribution in [-0.2, 0) is 0 Å². The summed E-state index contributed by atoms with van der Waals surface area (Å²) in [6.07, 6.45) is 0.645. The molecule has 1 rings (SSSR count). The van der Waals surface area contributed by atoms with Gasteiger partial charge in [0.2, 0.25) is 11.5 Å². The lowest BCUT2D eigenvalue weighted by molar-refractivity contribution is -0.386. The minimum atomic E-state index is -0.676. The normalized spacial score (nSPS) is 9.93. The third-order valence-electron chi connectivity index (χ3n) is 1.74. The highest BCUT2D eigenvalue weighted by molar-refractivity contribution is 5.61. The second-order valence-electron chi connectivity index (χ2n) is 2.89. The van der Waals surface area contributed by atoms with E-state index in [1.54, 1.807) is 0 Å². The van der Waals surface area contributed by atoms with Gasteiger partial charge in [-0.15, -0.1) is 0 Å². The number of nitro benzene ring substituents is 1. The van der Waals surface area contributed by atoms with Gasteiger partial charge < -0.3 is 14.9 Å². The van der Waals surface area contributed by atoms with Crippen molar-refractivity contribution in [2.24, 2.45) is 0 Å². The van der Waals surface area contributed by atoms with Gasteiger partial charge in [0.05, 0.1) is 11.5 Å². The fourth-order valence-corrected chi connectivity index (χ4v) is 1.04. The van der Waals surface area contributed by atoms with Crippen molar-refractivity contribution in [3.8, 4) is 17.2 Å². The van der Waals surface area contributed by atoms with Crippen LogP contribution in [0.25, 0.3) is 0 Å². The van der Waals surface area contributed by atoms with E-state index < -0.39 is 16.4 Å². The number of benzene rings is 1. The van der Waals surface area contributed by atoms with Gasteiger partial charge in [0, 0.05) is 6.07 Å². The molecule has 1 aromatic carbocycles. The lowest BCUT2D eigenvalue weighted by Crippen LogP contribution is -1.99. The van der Waals surface area contributed by atoms with Crippen LogP contribution < -0.4 is 4.74 Å². The monoisotopic (exact) mass is 213 g/mol. The number of aromatic hydroxyl groups is 2. The second-order valence-corrected chi connectivity index (χ2v) is 2.89. The van der Waals surface area contributed by atoms with Crippen LogP contribution in [-0.4, -0.2) is 21.7 Å². The second kappa shape index (κ2) is 4.50. The smallest absolute Gasteiger partial charge is 0.315 e. The van der Waals surface area contributed by atoms with Gasteiger partial charge in [0.25, 0.3) is 0 Å². The third kappa shape index (κ3) is 2.28. The molecule has 0 amide bonds. The number of phenolic OH excluding ortho intramolecular Hbond substituents is 2.